The van der Waals surface area contributed by atoms with Gasteiger partial charge in [0, 0.05) is 18.3 Å². The molecule has 2 aromatic rings. The van der Waals surface area contributed by atoms with Gasteiger partial charge >= 0.3 is 0 Å². The van der Waals surface area contributed by atoms with Gasteiger partial charge < -0.3 is 4.90 Å². The molecule has 6 nitrogen and oxygen atoms in total. The summed E-state index contributed by atoms with van der Waals surface area (Å²) in [7, 11) is -3.37. The van der Waals surface area contributed by atoms with Gasteiger partial charge in [-0.3, -0.25) is 9.78 Å². The topological polar surface area (TPSA) is 80.2 Å². The van der Waals surface area contributed by atoms with E-state index in [0.717, 1.165) is 18.5 Å². The minimum absolute atomic E-state index is 0.0483. The van der Waals surface area contributed by atoms with Gasteiger partial charge in [-0.1, -0.05) is 18.2 Å². The highest BCUT2D eigenvalue weighted by atomic mass is 32.2. The molecule has 0 radical (unpaired) electrons. The summed E-state index contributed by atoms with van der Waals surface area (Å²) in [5, 5.41) is -0.435. The Morgan fingerprint density at radius 2 is 1.69 bits per heavy atom. The van der Waals surface area contributed by atoms with Crippen LogP contribution in [0.3, 0.4) is 0 Å². The minimum Gasteiger partial charge on any atom is -0.331 e. The Morgan fingerprint density at radius 1 is 1.04 bits per heavy atom. The van der Waals surface area contributed by atoms with Crippen LogP contribution in [0.15, 0.2) is 47.6 Å². The average molecular weight is 371 g/mol. The van der Waals surface area contributed by atoms with Gasteiger partial charge in [-0.05, 0) is 44.7 Å². The average Bonchev–Trinajstić information content (AvgIpc) is 2.91. The van der Waals surface area contributed by atoms with Crippen LogP contribution in [0.5, 0.6) is 0 Å². The van der Waals surface area contributed by atoms with E-state index < -0.39 is 15.1 Å². The summed E-state index contributed by atoms with van der Waals surface area (Å²) in [5.41, 5.74) is 1.09. The lowest BCUT2D eigenvalue weighted by molar-refractivity contribution is 0.0591. The van der Waals surface area contributed by atoms with E-state index in [4.69, 9.17) is 0 Å². The second kappa shape index (κ2) is 6.46. The Morgan fingerprint density at radius 3 is 2.27 bits per heavy atom. The van der Waals surface area contributed by atoms with Crippen LogP contribution in [-0.2, 0) is 9.84 Å². The zero-order valence-electron chi connectivity index (χ0n) is 14.6. The number of nitrogens with zero attached hydrogens (tertiary/aromatic N) is 3. The van der Waals surface area contributed by atoms with E-state index in [1.54, 1.807) is 30.5 Å². The number of fused-ring (bicyclic) bond motifs is 2. The van der Waals surface area contributed by atoms with Crippen molar-refractivity contribution in [3.63, 3.8) is 0 Å². The van der Waals surface area contributed by atoms with Crippen molar-refractivity contribution in [2.75, 3.05) is 0 Å². The number of sulfone groups is 1. The maximum atomic E-state index is 13.0. The maximum Gasteiger partial charge on any atom is 0.274 e. The van der Waals surface area contributed by atoms with Crippen molar-refractivity contribution in [2.45, 2.75) is 54.8 Å². The second-order valence-electron chi connectivity index (χ2n) is 7.09. The van der Waals surface area contributed by atoms with Crippen molar-refractivity contribution in [3.05, 3.63) is 54.1 Å². The molecule has 2 saturated heterocycles. The molecule has 7 heteroatoms. The summed E-state index contributed by atoms with van der Waals surface area (Å²) >= 11 is 0. The number of amides is 1. The summed E-state index contributed by atoms with van der Waals surface area (Å²) in [6.45, 7) is 1.82. The second-order valence-corrected chi connectivity index (χ2v) is 9.32. The number of aryl methyl sites for hydroxylation is 1. The molecule has 26 heavy (non-hydrogen) atoms. The summed E-state index contributed by atoms with van der Waals surface area (Å²) in [4.78, 5) is 23.4. The number of carbonyl (C=O) groups excluding carboxylic acids is 1. The fourth-order valence-corrected chi connectivity index (χ4v) is 6.02. The molecular formula is C19H21N3O3S. The Hall–Kier alpha value is -2.28. The number of hydrogen-bond acceptors (Lipinski definition) is 5. The summed E-state index contributed by atoms with van der Waals surface area (Å²) < 4.78 is 25.9. The van der Waals surface area contributed by atoms with E-state index in [9.17, 15) is 13.2 Å². The molecule has 1 aromatic carbocycles. The minimum atomic E-state index is -3.37. The highest BCUT2D eigenvalue weighted by molar-refractivity contribution is 7.92. The van der Waals surface area contributed by atoms with Crippen LogP contribution >= 0.6 is 0 Å². The lowest BCUT2D eigenvalue weighted by Gasteiger charge is -2.38. The Bertz CT molecular complexity index is 899. The molecule has 3 atom stereocenters. The van der Waals surface area contributed by atoms with Gasteiger partial charge in [0.05, 0.1) is 22.0 Å². The third-order valence-electron chi connectivity index (χ3n) is 5.43. The fraction of sp³-hybridized carbons (Fsp3) is 0.421. The van der Waals surface area contributed by atoms with Crippen LogP contribution in [-0.4, -0.2) is 46.5 Å². The predicted octanol–water partition coefficient (Wildman–Crippen LogP) is 2.39. The molecule has 2 bridgehead atoms. The molecule has 2 fully saturated rings. The SMILES string of the molecule is Cc1cnc(C(=O)N2[C@@H]3CC[C@H]2CC(S(=O)(=O)c2ccccc2)C3)cn1. The van der Waals surface area contributed by atoms with Crippen LogP contribution < -0.4 is 0 Å². The molecular weight excluding hydrogens is 350 g/mol. The van der Waals surface area contributed by atoms with Gasteiger partial charge in [0.25, 0.3) is 5.91 Å². The zero-order valence-corrected chi connectivity index (χ0v) is 15.4. The van der Waals surface area contributed by atoms with E-state index in [1.165, 1.54) is 6.20 Å². The fourth-order valence-electron chi connectivity index (χ4n) is 4.15. The first-order valence-electron chi connectivity index (χ1n) is 8.87. The number of piperidine rings is 1. The summed E-state index contributed by atoms with van der Waals surface area (Å²) in [5.74, 6) is -0.138. The highest BCUT2D eigenvalue weighted by Crippen LogP contribution is 2.40. The summed E-state index contributed by atoms with van der Waals surface area (Å²) in [6.07, 6.45) is 5.75. The molecule has 2 aliphatic heterocycles. The maximum absolute atomic E-state index is 13.0. The van der Waals surface area contributed by atoms with Gasteiger partial charge in [0.1, 0.15) is 5.69 Å². The highest BCUT2D eigenvalue weighted by Gasteiger charge is 2.47. The van der Waals surface area contributed by atoms with Gasteiger partial charge in [-0.15, -0.1) is 0 Å². The van der Waals surface area contributed by atoms with Gasteiger partial charge in [0.15, 0.2) is 9.84 Å². The quantitative estimate of drug-likeness (QED) is 0.828. The first kappa shape index (κ1) is 17.1. The van der Waals surface area contributed by atoms with Crippen LogP contribution in [0.1, 0.15) is 41.9 Å². The van der Waals surface area contributed by atoms with E-state index in [1.807, 2.05) is 17.9 Å². The summed E-state index contributed by atoms with van der Waals surface area (Å²) in [6, 6.07) is 8.51. The molecule has 0 spiro atoms. The lowest BCUT2D eigenvalue weighted by Crippen LogP contribution is -2.49. The van der Waals surface area contributed by atoms with Crippen LogP contribution in [0.25, 0.3) is 0 Å². The lowest BCUT2D eigenvalue weighted by atomic mass is 10.0. The molecule has 0 N–H and O–H groups in total. The van der Waals surface area contributed by atoms with Gasteiger partial charge in [0.2, 0.25) is 0 Å². The number of benzene rings is 1. The third-order valence-corrected chi connectivity index (χ3v) is 7.63. The molecule has 1 amide bonds. The molecule has 136 valence electrons. The molecule has 1 unspecified atom stereocenters. The molecule has 0 saturated carbocycles. The number of hydrogen-bond donors (Lipinski definition) is 0. The Labute approximate surface area is 153 Å². The van der Waals surface area contributed by atoms with Crippen molar-refractivity contribution >= 4 is 15.7 Å². The van der Waals surface area contributed by atoms with E-state index in [-0.39, 0.29) is 18.0 Å². The monoisotopic (exact) mass is 371 g/mol. The Kier molecular flexibility index (Phi) is 4.26. The Balaban J connectivity index is 1.56. The molecule has 0 aliphatic carbocycles. The van der Waals surface area contributed by atoms with Crippen molar-refractivity contribution in [3.8, 4) is 0 Å². The largest absolute Gasteiger partial charge is 0.331 e. The number of aromatic nitrogens is 2. The first-order chi connectivity index (χ1) is 12.5. The van der Waals surface area contributed by atoms with E-state index in [2.05, 4.69) is 9.97 Å². The van der Waals surface area contributed by atoms with Gasteiger partial charge in [-0.2, -0.15) is 0 Å². The molecule has 3 heterocycles. The van der Waals surface area contributed by atoms with E-state index in [0.29, 0.717) is 23.4 Å². The third kappa shape index (κ3) is 2.90. The standard InChI is InChI=1S/C19H21N3O3S/c1-13-11-21-18(12-20-13)19(23)22-14-7-8-15(22)10-17(9-14)26(24,25)16-5-3-2-4-6-16/h2-6,11-12,14-15,17H,7-10H2,1H3/t14-,15+,17?. The smallest absolute Gasteiger partial charge is 0.274 e. The van der Waals surface area contributed by atoms with Crippen LogP contribution in [0, 0.1) is 6.92 Å². The van der Waals surface area contributed by atoms with Crippen molar-refractivity contribution < 1.29 is 13.2 Å². The van der Waals surface area contributed by atoms with Gasteiger partial charge in [-0.25, -0.2) is 13.4 Å². The normalized spacial score (nSPS) is 25.3. The predicted molar refractivity (Wildman–Crippen MR) is 96.4 cm³/mol. The van der Waals surface area contributed by atoms with Crippen molar-refractivity contribution in [1.82, 2.24) is 14.9 Å². The number of carbonyl (C=O) groups is 1. The van der Waals surface area contributed by atoms with Crippen molar-refractivity contribution in [1.29, 1.82) is 0 Å². The zero-order chi connectivity index (χ0) is 18.3. The number of rotatable bonds is 3. The first-order valence-corrected chi connectivity index (χ1v) is 10.4. The van der Waals surface area contributed by atoms with Crippen molar-refractivity contribution in [2.24, 2.45) is 0 Å². The van der Waals surface area contributed by atoms with Crippen LogP contribution in [0.2, 0.25) is 0 Å². The molecule has 2 aliphatic rings. The van der Waals surface area contributed by atoms with Crippen LogP contribution in [0.4, 0.5) is 0 Å². The molecule has 4 rings (SSSR count). The molecule has 1 aromatic heterocycles. The van der Waals surface area contributed by atoms with E-state index >= 15 is 0 Å².